The number of rotatable bonds is 6. The summed E-state index contributed by atoms with van der Waals surface area (Å²) in [6.07, 6.45) is 1.08. The number of hydrogen-bond donors (Lipinski definition) is 1. The molecule has 0 spiro atoms. The first kappa shape index (κ1) is 18.4. The fourth-order valence-corrected chi connectivity index (χ4v) is 4.54. The molecule has 4 nitrogen and oxygen atoms in total. The van der Waals surface area contributed by atoms with Crippen molar-refractivity contribution in [1.82, 2.24) is 10.3 Å². The molecule has 27 heavy (non-hydrogen) atoms. The van der Waals surface area contributed by atoms with Crippen LogP contribution in [0.4, 0.5) is 5.82 Å². The number of nitrogens with zero attached hydrogens (tertiary/aromatic N) is 2. The lowest BCUT2D eigenvalue weighted by Gasteiger charge is -2.30. The molecule has 3 heterocycles. The molecule has 1 atom stereocenters. The van der Waals surface area contributed by atoms with E-state index in [0.29, 0.717) is 6.04 Å². The van der Waals surface area contributed by atoms with Crippen LogP contribution in [-0.2, 0) is 11.3 Å². The zero-order valence-electron chi connectivity index (χ0n) is 16.1. The van der Waals surface area contributed by atoms with Gasteiger partial charge in [-0.05, 0) is 42.5 Å². The van der Waals surface area contributed by atoms with Crippen LogP contribution in [0.1, 0.15) is 35.4 Å². The Bertz CT molecular complexity index is 888. The highest BCUT2D eigenvalue weighted by molar-refractivity contribution is 7.10. The number of aryl methyl sites for hydroxylation is 1. The van der Waals surface area contributed by atoms with Gasteiger partial charge in [-0.2, -0.15) is 0 Å². The van der Waals surface area contributed by atoms with Crippen molar-refractivity contribution in [1.29, 1.82) is 0 Å². The fourth-order valence-electron chi connectivity index (χ4n) is 3.66. The van der Waals surface area contributed by atoms with Gasteiger partial charge in [0.25, 0.3) is 0 Å². The highest BCUT2D eigenvalue weighted by Crippen LogP contribution is 2.27. The monoisotopic (exact) mass is 381 g/mol. The van der Waals surface area contributed by atoms with Crippen LogP contribution in [0.5, 0.6) is 0 Å². The SMILES string of the molecule is CCC(NCc1cc2ccc(C)cc2nc1N1CCOCC1)c1cccs1. The van der Waals surface area contributed by atoms with Gasteiger partial charge in [0.2, 0.25) is 0 Å². The molecule has 1 aromatic carbocycles. The molecule has 3 aromatic rings. The molecule has 1 saturated heterocycles. The maximum Gasteiger partial charge on any atom is 0.133 e. The largest absolute Gasteiger partial charge is 0.378 e. The second kappa shape index (κ2) is 8.38. The molecule has 1 unspecified atom stereocenters. The zero-order chi connectivity index (χ0) is 18.6. The van der Waals surface area contributed by atoms with E-state index in [4.69, 9.17) is 9.72 Å². The number of pyridine rings is 1. The smallest absolute Gasteiger partial charge is 0.133 e. The van der Waals surface area contributed by atoms with Crippen molar-refractivity contribution < 1.29 is 4.74 Å². The third kappa shape index (κ3) is 4.15. The molecular weight excluding hydrogens is 354 g/mol. The van der Waals surface area contributed by atoms with Crippen molar-refractivity contribution in [3.05, 3.63) is 57.8 Å². The lowest BCUT2D eigenvalue weighted by molar-refractivity contribution is 0.122. The summed E-state index contributed by atoms with van der Waals surface area (Å²) in [4.78, 5) is 8.83. The van der Waals surface area contributed by atoms with Crippen LogP contribution < -0.4 is 10.2 Å². The van der Waals surface area contributed by atoms with Gasteiger partial charge in [0.15, 0.2) is 0 Å². The molecule has 0 radical (unpaired) electrons. The molecule has 1 fully saturated rings. The molecule has 1 aliphatic heterocycles. The zero-order valence-corrected chi connectivity index (χ0v) is 16.9. The van der Waals surface area contributed by atoms with Gasteiger partial charge >= 0.3 is 0 Å². The number of nitrogens with one attached hydrogen (secondary N) is 1. The van der Waals surface area contributed by atoms with E-state index in [1.807, 2.05) is 11.3 Å². The van der Waals surface area contributed by atoms with Crippen LogP contribution in [0.3, 0.4) is 0 Å². The molecule has 0 amide bonds. The second-order valence-corrected chi connectivity index (χ2v) is 8.10. The van der Waals surface area contributed by atoms with Gasteiger partial charge in [-0.1, -0.05) is 25.1 Å². The summed E-state index contributed by atoms with van der Waals surface area (Å²) in [6.45, 7) is 8.53. The summed E-state index contributed by atoms with van der Waals surface area (Å²) < 4.78 is 5.55. The van der Waals surface area contributed by atoms with Crippen LogP contribution in [-0.4, -0.2) is 31.3 Å². The third-order valence-corrected chi connectivity index (χ3v) is 6.16. The first-order valence-electron chi connectivity index (χ1n) is 9.74. The second-order valence-electron chi connectivity index (χ2n) is 7.12. The number of thiophene rings is 1. The molecule has 0 aliphatic carbocycles. The van der Waals surface area contributed by atoms with Gasteiger partial charge in [-0.3, -0.25) is 0 Å². The first-order chi connectivity index (χ1) is 13.2. The highest BCUT2D eigenvalue weighted by Gasteiger charge is 2.18. The molecule has 4 rings (SSSR count). The Morgan fingerprint density at radius 3 is 2.81 bits per heavy atom. The van der Waals surface area contributed by atoms with E-state index < -0.39 is 0 Å². The predicted molar refractivity (Wildman–Crippen MR) is 114 cm³/mol. The standard InChI is InChI=1S/C22H27N3OS/c1-3-19(21-5-4-12-27-21)23-15-18-14-17-7-6-16(2)13-20(17)24-22(18)25-8-10-26-11-9-25/h4-7,12-14,19,23H,3,8-11,15H2,1-2H3. The van der Waals surface area contributed by atoms with E-state index >= 15 is 0 Å². The number of benzene rings is 1. The third-order valence-electron chi connectivity index (χ3n) is 5.17. The van der Waals surface area contributed by atoms with Crippen LogP contribution in [0.2, 0.25) is 0 Å². The summed E-state index contributed by atoms with van der Waals surface area (Å²) in [5, 5.41) is 7.11. The van der Waals surface area contributed by atoms with Crippen molar-refractivity contribution in [2.24, 2.45) is 0 Å². The lowest BCUT2D eigenvalue weighted by atomic mass is 10.1. The topological polar surface area (TPSA) is 37.4 Å². The van der Waals surface area contributed by atoms with E-state index in [2.05, 4.69) is 65.8 Å². The average Bonchev–Trinajstić information content (AvgIpc) is 3.23. The van der Waals surface area contributed by atoms with Gasteiger partial charge in [0.05, 0.1) is 18.7 Å². The van der Waals surface area contributed by atoms with Gasteiger partial charge in [0.1, 0.15) is 5.82 Å². The number of hydrogen-bond acceptors (Lipinski definition) is 5. The molecular formula is C22H27N3OS. The molecule has 0 bridgehead atoms. The Labute approximate surface area is 165 Å². The van der Waals surface area contributed by atoms with Crippen molar-refractivity contribution in [2.45, 2.75) is 32.9 Å². The predicted octanol–water partition coefficient (Wildman–Crippen LogP) is 4.68. The maximum atomic E-state index is 5.55. The van der Waals surface area contributed by atoms with E-state index in [9.17, 15) is 0 Å². The maximum absolute atomic E-state index is 5.55. The highest BCUT2D eigenvalue weighted by atomic mass is 32.1. The van der Waals surface area contributed by atoms with Gasteiger partial charge in [0, 0.05) is 41.5 Å². The Morgan fingerprint density at radius 1 is 1.22 bits per heavy atom. The lowest BCUT2D eigenvalue weighted by Crippen LogP contribution is -2.37. The molecule has 1 N–H and O–H groups in total. The van der Waals surface area contributed by atoms with E-state index in [-0.39, 0.29) is 0 Å². The molecule has 2 aromatic heterocycles. The number of fused-ring (bicyclic) bond motifs is 1. The first-order valence-corrected chi connectivity index (χ1v) is 10.6. The summed E-state index contributed by atoms with van der Waals surface area (Å²) in [7, 11) is 0. The summed E-state index contributed by atoms with van der Waals surface area (Å²) in [6, 6.07) is 13.6. The van der Waals surface area contributed by atoms with Crippen LogP contribution in [0.25, 0.3) is 10.9 Å². The van der Waals surface area contributed by atoms with Crippen LogP contribution >= 0.6 is 11.3 Å². The molecule has 142 valence electrons. The Hall–Kier alpha value is -1.95. The normalized spacial score (nSPS) is 16.0. The van der Waals surface area contributed by atoms with E-state index in [1.165, 1.54) is 21.4 Å². The van der Waals surface area contributed by atoms with Gasteiger partial charge in [-0.15, -0.1) is 11.3 Å². The minimum atomic E-state index is 0.385. The summed E-state index contributed by atoms with van der Waals surface area (Å²) >= 11 is 1.82. The van der Waals surface area contributed by atoms with Crippen molar-refractivity contribution in [3.8, 4) is 0 Å². The van der Waals surface area contributed by atoms with Gasteiger partial charge < -0.3 is 15.0 Å². The quantitative estimate of drug-likeness (QED) is 0.673. The van der Waals surface area contributed by atoms with Crippen molar-refractivity contribution in [2.75, 3.05) is 31.2 Å². The Kier molecular flexibility index (Phi) is 5.72. The van der Waals surface area contributed by atoms with E-state index in [0.717, 1.165) is 50.6 Å². The number of morpholine rings is 1. The minimum absolute atomic E-state index is 0.385. The summed E-state index contributed by atoms with van der Waals surface area (Å²) in [5.41, 5.74) is 3.59. The Balaban J connectivity index is 1.65. The van der Waals surface area contributed by atoms with Gasteiger partial charge in [-0.25, -0.2) is 4.98 Å². The molecule has 0 saturated carbocycles. The molecule has 5 heteroatoms. The average molecular weight is 382 g/mol. The number of anilines is 1. The fraction of sp³-hybridized carbons (Fsp3) is 0.409. The van der Waals surface area contributed by atoms with Crippen LogP contribution in [0, 0.1) is 6.92 Å². The Morgan fingerprint density at radius 2 is 2.07 bits per heavy atom. The van der Waals surface area contributed by atoms with E-state index in [1.54, 1.807) is 0 Å². The van der Waals surface area contributed by atoms with Crippen LogP contribution in [0.15, 0.2) is 41.8 Å². The molecule has 1 aliphatic rings. The van der Waals surface area contributed by atoms with Crippen molar-refractivity contribution in [3.63, 3.8) is 0 Å². The summed E-state index contributed by atoms with van der Waals surface area (Å²) in [5.74, 6) is 1.10. The number of ether oxygens (including phenoxy) is 1. The minimum Gasteiger partial charge on any atom is -0.378 e. The number of aromatic nitrogens is 1. The van der Waals surface area contributed by atoms with Crippen molar-refractivity contribution >= 4 is 28.1 Å².